The lowest BCUT2D eigenvalue weighted by Crippen LogP contribution is -2.47. The van der Waals surface area contributed by atoms with Crippen molar-refractivity contribution in [2.24, 2.45) is 0 Å². The minimum absolute atomic E-state index is 0.0989. The molecule has 0 unspecified atom stereocenters. The number of nitrogens with zero attached hydrogens (tertiary/aromatic N) is 2. The van der Waals surface area contributed by atoms with E-state index in [2.05, 4.69) is 4.90 Å². The predicted octanol–water partition coefficient (Wildman–Crippen LogP) is 1.17. The molecule has 2 N–H and O–H groups in total. The van der Waals surface area contributed by atoms with Gasteiger partial charge in [-0.15, -0.1) is 0 Å². The molecule has 0 radical (unpaired) electrons. The second-order valence-corrected chi connectivity index (χ2v) is 7.16. The molecule has 1 aromatic rings. The monoisotopic (exact) mass is 303 g/mol. The summed E-state index contributed by atoms with van der Waals surface area (Å²) in [7, 11) is -1.59. The van der Waals surface area contributed by atoms with Crippen molar-refractivity contribution in [3.63, 3.8) is 0 Å². The number of likely N-dealkylation sites (N-methyl/N-ethyl adjacent to an activating group) is 1. The normalized spacial score (nSPS) is 18.7. The zero-order valence-corrected chi connectivity index (χ0v) is 12.6. The number of piperazine rings is 1. The Balaban J connectivity index is 2.37. The number of hydrogen-bond acceptors (Lipinski definition) is 4. The molecule has 0 saturated carbocycles. The molecule has 7 heteroatoms. The number of benzene rings is 1. The molecule has 19 heavy (non-hydrogen) atoms. The predicted molar refractivity (Wildman–Crippen MR) is 76.9 cm³/mol. The Morgan fingerprint density at radius 3 is 2.37 bits per heavy atom. The molecule has 1 aliphatic heterocycles. The molecule has 0 bridgehead atoms. The van der Waals surface area contributed by atoms with E-state index in [4.69, 9.17) is 17.3 Å². The van der Waals surface area contributed by atoms with Crippen molar-refractivity contribution < 1.29 is 8.42 Å². The van der Waals surface area contributed by atoms with Crippen molar-refractivity contribution in [3.05, 3.63) is 22.7 Å². The van der Waals surface area contributed by atoms with Gasteiger partial charge in [0.2, 0.25) is 10.0 Å². The minimum Gasteiger partial charge on any atom is -0.398 e. The van der Waals surface area contributed by atoms with Crippen LogP contribution in [0.3, 0.4) is 0 Å². The average molecular weight is 304 g/mol. The fourth-order valence-corrected chi connectivity index (χ4v) is 4.05. The summed E-state index contributed by atoms with van der Waals surface area (Å²) in [5, 5.41) is 0.227. The lowest BCUT2D eigenvalue weighted by Gasteiger charge is -2.31. The maximum Gasteiger partial charge on any atom is 0.244 e. The lowest BCUT2D eigenvalue weighted by atomic mass is 10.2. The van der Waals surface area contributed by atoms with E-state index in [9.17, 15) is 8.42 Å². The van der Waals surface area contributed by atoms with E-state index in [0.29, 0.717) is 18.8 Å². The van der Waals surface area contributed by atoms with Crippen LogP contribution < -0.4 is 5.73 Å². The molecule has 1 fully saturated rings. The first-order valence-electron chi connectivity index (χ1n) is 6.06. The van der Waals surface area contributed by atoms with Crippen LogP contribution in [-0.2, 0) is 10.0 Å². The van der Waals surface area contributed by atoms with Crippen molar-refractivity contribution in [1.82, 2.24) is 9.21 Å². The van der Waals surface area contributed by atoms with Crippen LogP contribution in [-0.4, -0.2) is 50.8 Å². The van der Waals surface area contributed by atoms with Crippen LogP contribution >= 0.6 is 11.6 Å². The van der Waals surface area contributed by atoms with Gasteiger partial charge in [0, 0.05) is 31.9 Å². The molecule has 0 aromatic heterocycles. The van der Waals surface area contributed by atoms with Crippen LogP contribution in [0, 0.1) is 6.92 Å². The number of nitrogen functional groups attached to an aromatic ring is 1. The molecule has 106 valence electrons. The van der Waals surface area contributed by atoms with Gasteiger partial charge < -0.3 is 10.6 Å². The molecule has 1 aromatic carbocycles. The van der Waals surface area contributed by atoms with Crippen molar-refractivity contribution in [3.8, 4) is 0 Å². The van der Waals surface area contributed by atoms with E-state index < -0.39 is 10.0 Å². The van der Waals surface area contributed by atoms with E-state index in [1.807, 2.05) is 7.05 Å². The zero-order valence-electron chi connectivity index (χ0n) is 11.1. The van der Waals surface area contributed by atoms with Crippen molar-refractivity contribution >= 4 is 27.3 Å². The maximum absolute atomic E-state index is 12.5. The third-order valence-corrected chi connectivity index (χ3v) is 5.76. The minimum atomic E-state index is -3.56. The maximum atomic E-state index is 12.5. The Hall–Kier alpha value is -0.820. The summed E-state index contributed by atoms with van der Waals surface area (Å²) < 4.78 is 26.6. The highest BCUT2D eigenvalue weighted by atomic mass is 35.5. The summed E-state index contributed by atoms with van der Waals surface area (Å²) in [4.78, 5) is 2.19. The van der Waals surface area contributed by atoms with Crippen LogP contribution in [0.5, 0.6) is 0 Å². The average Bonchev–Trinajstić information content (AvgIpc) is 2.34. The summed E-state index contributed by atoms with van der Waals surface area (Å²) in [6.45, 7) is 4.19. The largest absolute Gasteiger partial charge is 0.398 e. The van der Waals surface area contributed by atoms with Gasteiger partial charge in [0.05, 0.1) is 5.02 Å². The van der Waals surface area contributed by atoms with Crippen molar-refractivity contribution in [1.29, 1.82) is 0 Å². The molecule has 1 heterocycles. The van der Waals surface area contributed by atoms with Crippen LogP contribution in [0.15, 0.2) is 17.0 Å². The number of hydrogen-bond donors (Lipinski definition) is 1. The van der Waals surface area contributed by atoms with E-state index in [-0.39, 0.29) is 9.92 Å². The first-order valence-corrected chi connectivity index (χ1v) is 7.88. The Bertz CT molecular complexity index is 581. The fourth-order valence-electron chi connectivity index (χ4n) is 2.03. The molecule has 2 rings (SSSR count). The molecule has 0 spiro atoms. The van der Waals surface area contributed by atoms with Crippen LogP contribution in [0.2, 0.25) is 5.02 Å². The summed E-state index contributed by atoms with van der Waals surface area (Å²) in [5.41, 5.74) is 7.01. The Morgan fingerprint density at radius 2 is 1.79 bits per heavy atom. The van der Waals surface area contributed by atoms with Crippen molar-refractivity contribution in [2.75, 3.05) is 39.0 Å². The summed E-state index contributed by atoms with van der Waals surface area (Å²) in [5.74, 6) is 0. The van der Waals surface area contributed by atoms with Gasteiger partial charge in [-0.1, -0.05) is 11.6 Å². The van der Waals surface area contributed by atoms with Gasteiger partial charge in [-0.05, 0) is 31.7 Å². The second kappa shape index (κ2) is 5.28. The first-order chi connectivity index (χ1) is 8.82. The second-order valence-electron chi connectivity index (χ2n) is 4.85. The Morgan fingerprint density at radius 1 is 1.21 bits per heavy atom. The molecule has 0 amide bonds. The number of anilines is 1. The summed E-state index contributed by atoms with van der Waals surface area (Å²) in [6.07, 6.45) is 0. The van der Waals surface area contributed by atoms with Crippen LogP contribution in [0.25, 0.3) is 0 Å². The fraction of sp³-hybridized carbons (Fsp3) is 0.500. The molecule has 0 atom stereocenters. The van der Waals surface area contributed by atoms with Crippen molar-refractivity contribution in [2.45, 2.75) is 11.8 Å². The van der Waals surface area contributed by atoms with Gasteiger partial charge in [0.1, 0.15) is 4.90 Å². The number of aryl methyl sites for hydroxylation is 1. The highest BCUT2D eigenvalue weighted by Gasteiger charge is 2.29. The summed E-state index contributed by atoms with van der Waals surface area (Å²) >= 11 is 6.06. The highest BCUT2D eigenvalue weighted by molar-refractivity contribution is 7.89. The number of halogens is 1. The standard InChI is InChI=1S/C12H18ClN3O2S/c1-9-7-10(13)12(8-11(9)14)19(17,18)16-5-3-15(2)4-6-16/h7-8H,3-6,14H2,1-2H3. The van der Waals surface area contributed by atoms with Gasteiger partial charge >= 0.3 is 0 Å². The topological polar surface area (TPSA) is 66.6 Å². The molecular weight excluding hydrogens is 286 g/mol. The quantitative estimate of drug-likeness (QED) is 0.833. The zero-order chi connectivity index (χ0) is 14.2. The van der Waals surface area contributed by atoms with Gasteiger partial charge in [-0.3, -0.25) is 0 Å². The number of sulfonamides is 1. The Labute approximate surface area is 119 Å². The van der Waals surface area contributed by atoms with Gasteiger partial charge in [0.15, 0.2) is 0 Å². The Kier molecular flexibility index (Phi) is 4.06. The molecule has 1 saturated heterocycles. The van der Waals surface area contributed by atoms with Gasteiger partial charge in [-0.2, -0.15) is 4.31 Å². The molecule has 1 aliphatic rings. The van der Waals surface area contributed by atoms with Gasteiger partial charge in [-0.25, -0.2) is 8.42 Å². The molecule has 5 nitrogen and oxygen atoms in total. The summed E-state index contributed by atoms with van der Waals surface area (Å²) in [6, 6.07) is 3.05. The van der Waals surface area contributed by atoms with E-state index in [1.54, 1.807) is 13.0 Å². The van der Waals surface area contributed by atoms with Gasteiger partial charge in [0.25, 0.3) is 0 Å². The SMILES string of the molecule is Cc1cc(Cl)c(S(=O)(=O)N2CCN(C)CC2)cc1N. The molecule has 0 aliphatic carbocycles. The van der Waals surface area contributed by atoms with E-state index in [0.717, 1.165) is 18.7 Å². The van der Waals surface area contributed by atoms with Crippen LogP contribution in [0.1, 0.15) is 5.56 Å². The van der Waals surface area contributed by atoms with E-state index in [1.165, 1.54) is 10.4 Å². The lowest BCUT2D eigenvalue weighted by molar-refractivity contribution is 0.222. The highest BCUT2D eigenvalue weighted by Crippen LogP contribution is 2.29. The first kappa shape index (κ1) is 14.6. The molecular formula is C12H18ClN3O2S. The smallest absolute Gasteiger partial charge is 0.244 e. The third-order valence-electron chi connectivity index (χ3n) is 3.40. The third kappa shape index (κ3) is 2.86. The number of rotatable bonds is 2. The van der Waals surface area contributed by atoms with Crippen LogP contribution in [0.4, 0.5) is 5.69 Å². The number of nitrogens with two attached hydrogens (primary N) is 1. The van der Waals surface area contributed by atoms with E-state index >= 15 is 0 Å².